The first-order chi connectivity index (χ1) is 9.19. The van der Waals surface area contributed by atoms with Gasteiger partial charge in [-0.05, 0) is 31.0 Å². The largest absolute Gasteiger partial charge is 0.461 e. The molecule has 0 atom stereocenters. The molecular weight excluding hydrogens is 310 g/mol. The highest BCUT2D eigenvalue weighted by molar-refractivity contribution is 9.10. The van der Waals surface area contributed by atoms with E-state index in [4.69, 9.17) is 4.74 Å². The van der Waals surface area contributed by atoms with E-state index in [0.717, 1.165) is 10.9 Å². The zero-order valence-electron chi connectivity index (χ0n) is 10.5. The summed E-state index contributed by atoms with van der Waals surface area (Å²) in [5.41, 5.74) is 1.45. The minimum atomic E-state index is -0.433. The highest BCUT2D eigenvalue weighted by Gasteiger charge is 2.11. The third-order valence-corrected chi connectivity index (χ3v) is 3.09. The SMILES string of the molecule is CCOC(=O)c1cn(CCc2ccc(Br)cc2)nn1. The summed E-state index contributed by atoms with van der Waals surface area (Å²) in [5.74, 6) is -0.433. The minimum absolute atomic E-state index is 0.248. The maximum absolute atomic E-state index is 11.4. The van der Waals surface area contributed by atoms with E-state index in [1.165, 1.54) is 5.56 Å². The number of rotatable bonds is 5. The van der Waals surface area contributed by atoms with Crippen LogP contribution in [0.2, 0.25) is 0 Å². The van der Waals surface area contributed by atoms with E-state index in [2.05, 4.69) is 26.2 Å². The molecule has 0 N–H and O–H groups in total. The highest BCUT2D eigenvalue weighted by atomic mass is 79.9. The van der Waals surface area contributed by atoms with Gasteiger partial charge in [0.05, 0.1) is 12.8 Å². The third kappa shape index (κ3) is 3.89. The number of carbonyl (C=O) groups is 1. The van der Waals surface area contributed by atoms with Crippen molar-refractivity contribution in [2.24, 2.45) is 0 Å². The molecule has 0 amide bonds. The number of aromatic nitrogens is 3. The van der Waals surface area contributed by atoms with E-state index in [1.807, 2.05) is 24.3 Å². The summed E-state index contributed by atoms with van der Waals surface area (Å²) in [6.45, 7) is 2.77. The van der Waals surface area contributed by atoms with Gasteiger partial charge in [0.15, 0.2) is 5.69 Å². The smallest absolute Gasteiger partial charge is 0.360 e. The summed E-state index contributed by atoms with van der Waals surface area (Å²) in [6.07, 6.45) is 2.44. The van der Waals surface area contributed by atoms with E-state index < -0.39 is 5.97 Å². The van der Waals surface area contributed by atoms with Crippen LogP contribution >= 0.6 is 15.9 Å². The molecule has 0 aliphatic rings. The topological polar surface area (TPSA) is 57.0 Å². The third-order valence-electron chi connectivity index (χ3n) is 2.57. The summed E-state index contributed by atoms with van der Waals surface area (Å²) >= 11 is 3.40. The number of carbonyl (C=O) groups excluding carboxylic acids is 1. The zero-order chi connectivity index (χ0) is 13.7. The second kappa shape index (κ2) is 6.47. The molecule has 1 aromatic heterocycles. The number of hydrogen-bond acceptors (Lipinski definition) is 4. The Morgan fingerprint density at radius 2 is 2.11 bits per heavy atom. The zero-order valence-corrected chi connectivity index (χ0v) is 12.1. The summed E-state index contributed by atoms with van der Waals surface area (Å²) in [4.78, 5) is 11.4. The minimum Gasteiger partial charge on any atom is -0.461 e. The average Bonchev–Trinajstić information content (AvgIpc) is 2.87. The quantitative estimate of drug-likeness (QED) is 0.793. The lowest BCUT2D eigenvalue weighted by atomic mass is 10.1. The molecule has 1 aromatic carbocycles. The molecule has 6 heteroatoms. The fourth-order valence-corrected chi connectivity index (χ4v) is 1.87. The number of ether oxygens (including phenoxy) is 1. The van der Waals surface area contributed by atoms with Crippen molar-refractivity contribution in [2.75, 3.05) is 6.61 Å². The van der Waals surface area contributed by atoms with Crippen LogP contribution in [0.25, 0.3) is 0 Å². The van der Waals surface area contributed by atoms with Crippen molar-refractivity contribution >= 4 is 21.9 Å². The van der Waals surface area contributed by atoms with Gasteiger partial charge in [-0.1, -0.05) is 33.3 Å². The first kappa shape index (κ1) is 13.7. The first-order valence-corrected chi connectivity index (χ1v) is 6.80. The van der Waals surface area contributed by atoms with Gasteiger partial charge in [0.25, 0.3) is 0 Å². The van der Waals surface area contributed by atoms with Crippen LogP contribution in [0.4, 0.5) is 0 Å². The maximum atomic E-state index is 11.4. The number of hydrogen-bond donors (Lipinski definition) is 0. The lowest BCUT2D eigenvalue weighted by molar-refractivity contribution is 0.0519. The molecule has 100 valence electrons. The van der Waals surface area contributed by atoms with Crippen LogP contribution < -0.4 is 0 Å². The normalized spacial score (nSPS) is 10.4. The maximum Gasteiger partial charge on any atom is 0.360 e. The number of nitrogens with zero attached hydrogens (tertiary/aromatic N) is 3. The van der Waals surface area contributed by atoms with Crippen LogP contribution in [0.1, 0.15) is 23.0 Å². The molecule has 0 fully saturated rings. The fourth-order valence-electron chi connectivity index (χ4n) is 1.60. The van der Waals surface area contributed by atoms with Gasteiger partial charge in [0.2, 0.25) is 0 Å². The summed E-state index contributed by atoms with van der Waals surface area (Å²) in [5, 5.41) is 7.70. The van der Waals surface area contributed by atoms with Gasteiger partial charge >= 0.3 is 5.97 Å². The molecule has 0 saturated carbocycles. The molecule has 0 saturated heterocycles. The second-order valence-electron chi connectivity index (χ2n) is 3.96. The Labute approximate surface area is 119 Å². The molecule has 0 spiro atoms. The molecule has 0 aliphatic heterocycles. The molecule has 0 bridgehead atoms. The van der Waals surface area contributed by atoms with E-state index in [0.29, 0.717) is 13.2 Å². The van der Waals surface area contributed by atoms with Gasteiger partial charge in [0.1, 0.15) is 0 Å². The Morgan fingerprint density at radius 1 is 1.37 bits per heavy atom. The van der Waals surface area contributed by atoms with Crippen molar-refractivity contribution in [3.8, 4) is 0 Å². The van der Waals surface area contributed by atoms with Crippen molar-refractivity contribution in [3.63, 3.8) is 0 Å². The molecule has 19 heavy (non-hydrogen) atoms. The predicted molar refractivity (Wildman–Crippen MR) is 73.8 cm³/mol. The molecular formula is C13H14BrN3O2. The Balaban J connectivity index is 1.93. The van der Waals surface area contributed by atoms with Gasteiger partial charge in [-0.3, -0.25) is 4.68 Å². The molecule has 5 nitrogen and oxygen atoms in total. The molecule has 0 unspecified atom stereocenters. The lowest BCUT2D eigenvalue weighted by Gasteiger charge is -2.01. The van der Waals surface area contributed by atoms with Gasteiger partial charge < -0.3 is 4.74 Å². The summed E-state index contributed by atoms with van der Waals surface area (Å²) in [7, 11) is 0. The standard InChI is InChI=1S/C13H14BrN3O2/c1-2-19-13(18)12-9-17(16-15-12)8-7-10-3-5-11(14)6-4-10/h3-6,9H,2,7-8H2,1H3. The van der Waals surface area contributed by atoms with Crippen LogP contribution in [0, 0.1) is 0 Å². The van der Waals surface area contributed by atoms with E-state index in [-0.39, 0.29) is 5.69 Å². The molecule has 1 heterocycles. The highest BCUT2D eigenvalue weighted by Crippen LogP contribution is 2.11. The summed E-state index contributed by atoms with van der Waals surface area (Å²) in [6, 6.07) is 8.10. The Hall–Kier alpha value is -1.69. The van der Waals surface area contributed by atoms with Crippen LogP contribution in [0.3, 0.4) is 0 Å². The average molecular weight is 324 g/mol. The van der Waals surface area contributed by atoms with Crippen molar-refractivity contribution in [1.82, 2.24) is 15.0 Å². The number of aryl methyl sites for hydroxylation is 2. The molecule has 2 rings (SSSR count). The van der Waals surface area contributed by atoms with Crippen LogP contribution in [0.15, 0.2) is 34.9 Å². The van der Waals surface area contributed by atoms with Gasteiger partial charge in [0, 0.05) is 11.0 Å². The predicted octanol–water partition coefficient (Wildman–Crippen LogP) is 2.46. The lowest BCUT2D eigenvalue weighted by Crippen LogP contribution is -2.05. The second-order valence-corrected chi connectivity index (χ2v) is 4.88. The Morgan fingerprint density at radius 3 is 2.79 bits per heavy atom. The Bertz CT molecular complexity index is 551. The fraction of sp³-hybridized carbons (Fsp3) is 0.308. The van der Waals surface area contributed by atoms with E-state index in [1.54, 1.807) is 17.8 Å². The molecule has 0 radical (unpaired) electrons. The Kier molecular flexibility index (Phi) is 4.68. The van der Waals surface area contributed by atoms with Crippen molar-refractivity contribution in [3.05, 3.63) is 46.2 Å². The van der Waals surface area contributed by atoms with Crippen molar-refractivity contribution in [2.45, 2.75) is 19.9 Å². The molecule has 2 aromatic rings. The van der Waals surface area contributed by atoms with Gasteiger partial charge in [-0.2, -0.15) is 0 Å². The number of esters is 1. The van der Waals surface area contributed by atoms with E-state index >= 15 is 0 Å². The van der Waals surface area contributed by atoms with Crippen LogP contribution in [-0.4, -0.2) is 27.6 Å². The number of benzene rings is 1. The monoisotopic (exact) mass is 323 g/mol. The molecule has 0 aliphatic carbocycles. The van der Waals surface area contributed by atoms with Gasteiger partial charge in [-0.25, -0.2) is 4.79 Å². The van der Waals surface area contributed by atoms with Gasteiger partial charge in [-0.15, -0.1) is 5.10 Å². The summed E-state index contributed by atoms with van der Waals surface area (Å²) < 4.78 is 7.56. The van der Waals surface area contributed by atoms with Crippen molar-refractivity contribution in [1.29, 1.82) is 0 Å². The van der Waals surface area contributed by atoms with Crippen LogP contribution in [-0.2, 0) is 17.7 Å². The van der Waals surface area contributed by atoms with Crippen molar-refractivity contribution < 1.29 is 9.53 Å². The van der Waals surface area contributed by atoms with E-state index in [9.17, 15) is 4.79 Å². The van der Waals surface area contributed by atoms with Crippen LogP contribution in [0.5, 0.6) is 0 Å². The first-order valence-electron chi connectivity index (χ1n) is 6.00. The number of halogens is 1.